The Morgan fingerprint density at radius 3 is 2.48 bits per heavy atom. The van der Waals surface area contributed by atoms with Gasteiger partial charge in [-0.25, -0.2) is 9.59 Å². The van der Waals surface area contributed by atoms with Gasteiger partial charge in [-0.15, -0.1) is 0 Å². The molecular weight excluding hydrogens is 300 g/mol. The van der Waals surface area contributed by atoms with Crippen LogP contribution in [0.1, 0.15) is 17.3 Å². The summed E-state index contributed by atoms with van der Waals surface area (Å²) < 4.78 is 4.70. The minimum absolute atomic E-state index is 0.00882. The Bertz CT molecular complexity index is 629. The Balaban J connectivity index is 2.06. The molecule has 1 aromatic rings. The molecule has 1 amide bonds. The van der Waals surface area contributed by atoms with E-state index < -0.39 is 22.4 Å². The predicted octanol–water partition coefficient (Wildman–Crippen LogP) is 1.49. The van der Waals surface area contributed by atoms with E-state index in [2.05, 4.69) is 5.32 Å². The second kappa shape index (κ2) is 5.52. The van der Waals surface area contributed by atoms with E-state index in [0.717, 1.165) is 23.9 Å². The monoisotopic (exact) mass is 310 g/mol. The van der Waals surface area contributed by atoms with E-state index in [0.29, 0.717) is 0 Å². The average Bonchev–Trinajstić information content (AvgIpc) is 2.80. The third kappa shape index (κ3) is 3.19. The Morgan fingerprint density at radius 1 is 1.38 bits per heavy atom. The summed E-state index contributed by atoms with van der Waals surface area (Å²) in [6, 6.07) is 4.65. The summed E-state index contributed by atoms with van der Waals surface area (Å²) in [7, 11) is 0. The van der Waals surface area contributed by atoms with Gasteiger partial charge in [-0.05, 0) is 19.1 Å². The lowest BCUT2D eigenvalue weighted by molar-refractivity contribution is -0.384. The molecule has 0 aromatic heterocycles. The van der Waals surface area contributed by atoms with Crippen molar-refractivity contribution in [3.8, 4) is 0 Å². The smallest absolute Gasteiger partial charge is 0.345 e. The van der Waals surface area contributed by atoms with E-state index in [4.69, 9.17) is 4.74 Å². The number of thioether (sulfide) groups is 1. The fraction of sp³-hybridized carbons (Fsp3) is 0.250. The fourth-order valence-corrected chi connectivity index (χ4v) is 2.50. The molecule has 2 rings (SSSR count). The van der Waals surface area contributed by atoms with Crippen LogP contribution in [0.25, 0.3) is 0 Å². The van der Waals surface area contributed by atoms with Crippen LogP contribution in [-0.2, 0) is 9.53 Å². The highest BCUT2D eigenvalue weighted by atomic mass is 32.2. The van der Waals surface area contributed by atoms with Crippen molar-refractivity contribution in [2.45, 2.75) is 12.5 Å². The molecular formula is C12H10N2O6S. The molecule has 0 radical (unpaired) electrons. The number of non-ortho nitro benzene ring substituents is 1. The summed E-state index contributed by atoms with van der Waals surface area (Å²) in [5.41, 5.74) is -1.42. The Morgan fingerprint density at radius 2 is 2.00 bits per heavy atom. The number of nitrogens with zero attached hydrogens (tertiary/aromatic N) is 1. The minimum atomic E-state index is -1.25. The van der Waals surface area contributed by atoms with Crippen LogP contribution in [0.15, 0.2) is 24.3 Å². The zero-order valence-electron chi connectivity index (χ0n) is 10.8. The maximum absolute atomic E-state index is 11.9. The summed E-state index contributed by atoms with van der Waals surface area (Å²) in [5, 5.41) is 12.6. The first kappa shape index (κ1) is 15.0. The standard InChI is InChI=1S/C12H10N2O6S/c1-12(6-21-11(17)13-12)10(16)20-9(15)7-2-4-8(5-3-7)14(18)19/h2-5H,6H2,1H3,(H,13,17). The first-order chi connectivity index (χ1) is 9.82. The van der Waals surface area contributed by atoms with Crippen molar-refractivity contribution in [1.82, 2.24) is 5.32 Å². The van der Waals surface area contributed by atoms with Crippen LogP contribution in [0.2, 0.25) is 0 Å². The summed E-state index contributed by atoms with van der Waals surface area (Å²) in [6.07, 6.45) is 0. The van der Waals surface area contributed by atoms with Crippen molar-refractivity contribution in [2.75, 3.05) is 5.75 Å². The molecule has 1 aliphatic rings. The number of carbonyl (C=O) groups is 3. The van der Waals surface area contributed by atoms with E-state index >= 15 is 0 Å². The van der Waals surface area contributed by atoms with Gasteiger partial charge in [0.15, 0.2) is 0 Å². The molecule has 110 valence electrons. The molecule has 1 fully saturated rings. The van der Waals surface area contributed by atoms with E-state index in [1.165, 1.54) is 19.1 Å². The highest BCUT2D eigenvalue weighted by Gasteiger charge is 2.43. The van der Waals surface area contributed by atoms with Crippen LogP contribution in [0.3, 0.4) is 0 Å². The van der Waals surface area contributed by atoms with Crippen molar-refractivity contribution in [3.05, 3.63) is 39.9 Å². The minimum Gasteiger partial charge on any atom is -0.388 e. The molecule has 0 saturated carbocycles. The molecule has 1 atom stereocenters. The molecule has 0 aliphatic carbocycles. The molecule has 21 heavy (non-hydrogen) atoms. The van der Waals surface area contributed by atoms with E-state index in [1.54, 1.807) is 0 Å². The molecule has 1 heterocycles. The van der Waals surface area contributed by atoms with Gasteiger partial charge in [-0.3, -0.25) is 14.9 Å². The highest BCUT2D eigenvalue weighted by molar-refractivity contribution is 8.14. The largest absolute Gasteiger partial charge is 0.388 e. The quantitative estimate of drug-likeness (QED) is 0.389. The van der Waals surface area contributed by atoms with Crippen molar-refractivity contribution in [3.63, 3.8) is 0 Å². The van der Waals surface area contributed by atoms with Gasteiger partial charge in [0.05, 0.1) is 10.5 Å². The number of benzene rings is 1. The lowest BCUT2D eigenvalue weighted by Crippen LogP contribution is -2.49. The number of nitro groups is 1. The molecule has 1 saturated heterocycles. The number of nitro benzene ring substituents is 1. The summed E-state index contributed by atoms with van der Waals surface area (Å²) in [6.45, 7) is 1.45. The maximum atomic E-state index is 11.9. The normalized spacial score (nSPS) is 20.7. The lowest BCUT2D eigenvalue weighted by Gasteiger charge is -2.19. The number of esters is 2. The van der Waals surface area contributed by atoms with Crippen LogP contribution < -0.4 is 5.32 Å². The van der Waals surface area contributed by atoms with Crippen LogP contribution in [0.4, 0.5) is 10.5 Å². The molecule has 9 heteroatoms. The second-order valence-corrected chi connectivity index (χ2v) is 5.46. The van der Waals surface area contributed by atoms with Crippen LogP contribution in [0.5, 0.6) is 0 Å². The Hall–Kier alpha value is -2.42. The number of hydrogen-bond donors (Lipinski definition) is 1. The topological polar surface area (TPSA) is 116 Å². The zero-order valence-corrected chi connectivity index (χ0v) is 11.6. The van der Waals surface area contributed by atoms with Gasteiger partial charge in [-0.2, -0.15) is 0 Å². The number of hydrogen-bond acceptors (Lipinski definition) is 7. The number of rotatable bonds is 3. The molecule has 1 aromatic carbocycles. The van der Waals surface area contributed by atoms with Gasteiger partial charge in [0.1, 0.15) is 5.54 Å². The van der Waals surface area contributed by atoms with Gasteiger partial charge in [0, 0.05) is 17.9 Å². The van der Waals surface area contributed by atoms with Crippen LogP contribution in [-0.4, -0.2) is 33.4 Å². The van der Waals surface area contributed by atoms with E-state index in [1.807, 2.05) is 0 Å². The third-order valence-electron chi connectivity index (χ3n) is 2.82. The molecule has 1 N–H and O–H groups in total. The zero-order chi connectivity index (χ0) is 15.6. The summed E-state index contributed by atoms with van der Waals surface area (Å²) in [4.78, 5) is 44.7. The number of nitrogens with one attached hydrogen (secondary N) is 1. The molecule has 1 aliphatic heterocycles. The average molecular weight is 310 g/mol. The van der Waals surface area contributed by atoms with Crippen LogP contribution in [0, 0.1) is 10.1 Å². The first-order valence-corrected chi connectivity index (χ1v) is 6.76. The van der Waals surface area contributed by atoms with Crippen molar-refractivity contribution >= 4 is 34.6 Å². The SMILES string of the molecule is CC1(C(=O)OC(=O)c2ccc([N+](=O)[O-])cc2)CSC(=O)N1. The number of ether oxygens (including phenoxy) is 1. The Labute approximate surface area is 123 Å². The van der Waals surface area contributed by atoms with Crippen molar-refractivity contribution < 1.29 is 24.0 Å². The third-order valence-corrected chi connectivity index (χ3v) is 3.91. The highest BCUT2D eigenvalue weighted by Crippen LogP contribution is 2.24. The van der Waals surface area contributed by atoms with Crippen molar-refractivity contribution in [1.29, 1.82) is 0 Å². The van der Waals surface area contributed by atoms with Gasteiger partial charge in [0.2, 0.25) is 0 Å². The second-order valence-electron chi connectivity index (χ2n) is 4.51. The molecule has 0 bridgehead atoms. The Kier molecular flexibility index (Phi) is 3.94. The molecule has 0 spiro atoms. The van der Waals surface area contributed by atoms with Crippen LogP contribution >= 0.6 is 11.8 Å². The lowest BCUT2D eigenvalue weighted by atomic mass is 10.1. The fourth-order valence-electron chi connectivity index (χ4n) is 1.59. The first-order valence-electron chi connectivity index (χ1n) is 5.78. The van der Waals surface area contributed by atoms with Gasteiger partial charge >= 0.3 is 11.9 Å². The summed E-state index contributed by atoms with van der Waals surface area (Å²) >= 11 is 0.923. The predicted molar refractivity (Wildman–Crippen MR) is 72.9 cm³/mol. The summed E-state index contributed by atoms with van der Waals surface area (Å²) in [5.74, 6) is -1.63. The maximum Gasteiger partial charge on any atom is 0.345 e. The molecule has 8 nitrogen and oxygen atoms in total. The molecule has 1 unspecified atom stereocenters. The van der Waals surface area contributed by atoms with Crippen molar-refractivity contribution in [2.24, 2.45) is 0 Å². The van der Waals surface area contributed by atoms with Gasteiger partial charge in [0.25, 0.3) is 10.9 Å². The van der Waals surface area contributed by atoms with Gasteiger partial charge < -0.3 is 10.1 Å². The number of amides is 1. The van der Waals surface area contributed by atoms with E-state index in [9.17, 15) is 24.5 Å². The number of carbonyl (C=O) groups excluding carboxylic acids is 3. The van der Waals surface area contributed by atoms with Gasteiger partial charge in [-0.1, -0.05) is 11.8 Å². The van der Waals surface area contributed by atoms with E-state index in [-0.39, 0.29) is 22.2 Å².